The number of hydrogen-bond acceptors (Lipinski definition) is 3. The van der Waals surface area contributed by atoms with E-state index in [9.17, 15) is 5.11 Å². The Labute approximate surface area is 106 Å². The number of rotatable bonds is 2. The Hall–Kier alpha value is -0.750. The van der Waals surface area contributed by atoms with Gasteiger partial charge in [0.05, 0.1) is 7.11 Å². The third-order valence-electron chi connectivity index (χ3n) is 2.06. The van der Waals surface area contributed by atoms with Gasteiger partial charge in [-0.05, 0) is 57.8 Å². The van der Waals surface area contributed by atoms with Gasteiger partial charge in [-0.15, -0.1) is 11.3 Å². The van der Waals surface area contributed by atoms with Crippen molar-refractivity contribution < 1.29 is 9.84 Å². The molecule has 0 saturated carbocycles. The molecule has 0 bridgehead atoms. The molecule has 0 saturated heterocycles. The summed E-state index contributed by atoms with van der Waals surface area (Å²) in [6.07, 6.45) is 0. The Morgan fingerprint density at radius 2 is 2.13 bits per heavy atom. The normalized spacial score (nSPS) is 10.3. The quantitative estimate of drug-likeness (QED) is 0.849. The van der Waals surface area contributed by atoms with Crippen LogP contribution in [0.5, 0.6) is 11.5 Å². The Bertz CT molecular complexity index is 479. The maximum absolute atomic E-state index is 9.66. The summed E-state index contributed by atoms with van der Waals surface area (Å²) >= 11 is 3.95. The number of phenols is 1. The zero-order chi connectivity index (χ0) is 10.8. The fraction of sp³-hybridized carbons (Fsp3) is 0.0909. The molecule has 4 heteroatoms. The van der Waals surface area contributed by atoms with Crippen LogP contribution in [-0.4, -0.2) is 12.2 Å². The Kier molecular flexibility index (Phi) is 3.16. The average Bonchev–Trinajstić information content (AvgIpc) is 2.64. The lowest BCUT2D eigenvalue weighted by Crippen LogP contribution is -1.84. The Morgan fingerprint density at radius 1 is 1.33 bits per heavy atom. The number of methoxy groups -OCH3 is 1. The summed E-state index contributed by atoms with van der Waals surface area (Å²) in [7, 11) is 1.55. The molecule has 78 valence electrons. The summed E-state index contributed by atoms with van der Waals surface area (Å²) in [6.45, 7) is 0. The van der Waals surface area contributed by atoms with Crippen molar-refractivity contribution in [2.75, 3.05) is 7.11 Å². The van der Waals surface area contributed by atoms with Gasteiger partial charge in [-0.1, -0.05) is 0 Å². The zero-order valence-corrected chi connectivity index (χ0v) is 11.0. The first-order valence-electron chi connectivity index (χ1n) is 4.32. The van der Waals surface area contributed by atoms with Crippen molar-refractivity contribution >= 4 is 33.9 Å². The summed E-state index contributed by atoms with van der Waals surface area (Å²) in [4.78, 5) is 1.17. The molecular weight excluding hydrogens is 323 g/mol. The van der Waals surface area contributed by atoms with Gasteiger partial charge in [0, 0.05) is 8.45 Å². The molecule has 0 amide bonds. The molecule has 0 fully saturated rings. The van der Waals surface area contributed by atoms with E-state index in [0.717, 1.165) is 5.56 Å². The van der Waals surface area contributed by atoms with Gasteiger partial charge in [0.2, 0.25) is 0 Å². The highest BCUT2D eigenvalue weighted by Crippen LogP contribution is 2.35. The fourth-order valence-electron chi connectivity index (χ4n) is 1.33. The van der Waals surface area contributed by atoms with E-state index in [1.807, 2.05) is 11.4 Å². The minimum absolute atomic E-state index is 0.180. The van der Waals surface area contributed by atoms with Gasteiger partial charge in [0.1, 0.15) is 0 Å². The summed E-state index contributed by atoms with van der Waals surface area (Å²) in [5.74, 6) is 0.685. The van der Waals surface area contributed by atoms with E-state index in [1.54, 1.807) is 30.6 Å². The molecule has 0 unspecified atom stereocenters. The van der Waals surface area contributed by atoms with Gasteiger partial charge in [-0.2, -0.15) is 0 Å². The highest BCUT2D eigenvalue weighted by molar-refractivity contribution is 14.1. The van der Waals surface area contributed by atoms with Crippen LogP contribution in [0.25, 0.3) is 10.4 Å². The minimum Gasteiger partial charge on any atom is -0.504 e. The van der Waals surface area contributed by atoms with Gasteiger partial charge < -0.3 is 9.84 Å². The summed E-state index contributed by atoms with van der Waals surface area (Å²) in [6, 6.07) is 7.52. The third kappa shape index (κ3) is 2.10. The van der Waals surface area contributed by atoms with E-state index in [1.165, 1.54) is 8.45 Å². The molecule has 0 atom stereocenters. The molecule has 0 spiro atoms. The molecule has 0 aliphatic rings. The average molecular weight is 332 g/mol. The highest BCUT2D eigenvalue weighted by Gasteiger charge is 2.07. The molecule has 0 aliphatic carbocycles. The molecule has 2 rings (SSSR count). The predicted molar refractivity (Wildman–Crippen MR) is 70.7 cm³/mol. The number of hydrogen-bond donors (Lipinski definition) is 1. The Balaban J connectivity index is 2.47. The lowest BCUT2D eigenvalue weighted by molar-refractivity contribution is 0.373. The van der Waals surface area contributed by atoms with E-state index in [2.05, 4.69) is 28.7 Å². The topological polar surface area (TPSA) is 29.5 Å². The number of halogens is 1. The van der Waals surface area contributed by atoms with Gasteiger partial charge in [0.15, 0.2) is 11.5 Å². The Morgan fingerprint density at radius 3 is 2.67 bits per heavy atom. The molecule has 2 nitrogen and oxygen atoms in total. The van der Waals surface area contributed by atoms with Crippen LogP contribution in [0.4, 0.5) is 0 Å². The second kappa shape index (κ2) is 4.40. The van der Waals surface area contributed by atoms with Crippen molar-refractivity contribution in [3.05, 3.63) is 33.2 Å². The predicted octanol–water partition coefficient (Wildman–Crippen LogP) is 3.73. The molecule has 0 aliphatic heterocycles. The van der Waals surface area contributed by atoms with Gasteiger partial charge in [-0.25, -0.2) is 0 Å². The number of ether oxygens (including phenoxy) is 1. The number of benzene rings is 1. The summed E-state index contributed by atoms with van der Waals surface area (Å²) in [5, 5.41) is 11.7. The lowest BCUT2D eigenvalue weighted by atomic mass is 10.1. The SMILES string of the molecule is COc1ccc(-c2sccc2I)cc1O. The molecule has 0 radical (unpaired) electrons. The minimum atomic E-state index is 0.180. The van der Waals surface area contributed by atoms with Gasteiger partial charge in [0.25, 0.3) is 0 Å². The van der Waals surface area contributed by atoms with E-state index < -0.39 is 0 Å². The van der Waals surface area contributed by atoms with E-state index in [0.29, 0.717) is 5.75 Å². The third-order valence-corrected chi connectivity index (χ3v) is 4.29. The molecule has 15 heavy (non-hydrogen) atoms. The number of phenolic OH excluding ortho intramolecular Hbond substituents is 1. The molecule has 1 aromatic carbocycles. The lowest BCUT2D eigenvalue weighted by Gasteiger charge is -2.05. The van der Waals surface area contributed by atoms with E-state index >= 15 is 0 Å². The highest BCUT2D eigenvalue weighted by atomic mass is 127. The second-order valence-electron chi connectivity index (χ2n) is 2.98. The van der Waals surface area contributed by atoms with Crippen LogP contribution in [0, 0.1) is 3.57 Å². The monoisotopic (exact) mass is 332 g/mol. The van der Waals surface area contributed by atoms with Crippen LogP contribution in [0.3, 0.4) is 0 Å². The first-order chi connectivity index (χ1) is 7.22. The van der Waals surface area contributed by atoms with Crippen LogP contribution < -0.4 is 4.74 Å². The summed E-state index contributed by atoms with van der Waals surface area (Å²) in [5.41, 5.74) is 1.02. The van der Waals surface area contributed by atoms with Crippen molar-refractivity contribution in [1.29, 1.82) is 0 Å². The fourth-order valence-corrected chi connectivity index (χ4v) is 3.23. The zero-order valence-electron chi connectivity index (χ0n) is 8.03. The van der Waals surface area contributed by atoms with E-state index in [-0.39, 0.29) is 5.75 Å². The molecular formula is C11H9IO2S. The van der Waals surface area contributed by atoms with Gasteiger partial charge >= 0.3 is 0 Å². The van der Waals surface area contributed by atoms with Crippen LogP contribution in [0.2, 0.25) is 0 Å². The number of aromatic hydroxyl groups is 1. The van der Waals surface area contributed by atoms with Crippen LogP contribution in [0.1, 0.15) is 0 Å². The van der Waals surface area contributed by atoms with E-state index in [4.69, 9.17) is 4.74 Å². The maximum atomic E-state index is 9.66. The van der Waals surface area contributed by atoms with Crippen molar-refractivity contribution in [1.82, 2.24) is 0 Å². The first kappa shape index (κ1) is 10.8. The summed E-state index contributed by atoms with van der Waals surface area (Å²) < 4.78 is 6.20. The van der Waals surface area contributed by atoms with Crippen molar-refractivity contribution in [3.8, 4) is 21.9 Å². The standard InChI is InChI=1S/C11H9IO2S/c1-14-10-3-2-7(6-9(10)13)11-8(12)4-5-15-11/h2-6,13H,1H3. The van der Waals surface area contributed by atoms with Crippen LogP contribution in [0.15, 0.2) is 29.6 Å². The van der Waals surface area contributed by atoms with Gasteiger partial charge in [-0.3, -0.25) is 0 Å². The second-order valence-corrected chi connectivity index (χ2v) is 5.06. The maximum Gasteiger partial charge on any atom is 0.160 e. The van der Waals surface area contributed by atoms with Crippen LogP contribution >= 0.6 is 33.9 Å². The molecule has 1 N–H and O–H groups in total. The molecule has 1 aromatic heterocycles. The smallest absolute Gasteiger partial charge is 0.160 e. The largest absolute Gasteiger partial charge is 0.504 e. The van der Waals surface area contributed by atoms with Crippen molar-refractivity contribution in [3.63, 3.8) is 0 Å². The van der Waals surface area contributed by atoms with Crippen LogP contribution in [-0.2, 0) is 0 Å². The van der Waals surface area contributed by atoms with Crippen molar-refractivity contribution in [2.24, 2.45) is 0 Å². The molecule has 1 heterocycles. The number of thiophene rings is 1. The van der Waals surface area contributed by atoms with Crippen molar-refractivity contribution in [2.45, 2.75) is 0 Å². The molecule has 2 aromatic rings. The first-order valence-corrected chi connectivity index (χ1v) is 6.28.